The molecule has 1 atom stereocenters. The number of hydrogen-bond acceptors (Lipinski definition) is 4. The number of rotatable bonds is 9. The van der Waals surface area contributed by atoms with Crippen LogP contribution in [-0.2, 0) is 4.79 Å². The minimum atomic E-state index is 0.0159. The Bertz CT molecular complexity index is 452. The number of carbonyl (C=O) groups is 1. The molecule has 5 heteroatoms. The van der Waals surface area contributed by atoms with Gasteiger partial charge in [0, 0.05) is 18.2 Å². The van der Waals surface area contributed by atoms with E-state index in [9.17, 15) is 4.79 Å². The van der Waals surface area contributed by atoms with Crippen molar-refractivity contribution in [3.63, 3.8) is 0 Å². The summed E-state index contributed by atoms with van der Waals surface area (Å²) < 4.78 is 5.21. The predicted octanol–water partition coefficient (Wildman–Crippen LogP) is 3.78. The molecule has 0 heterocycles. The molecule has 1 rings (SSSR count). The van der Waals surface area contributed by atoms with E-state index in [1.807, 2.05) is 11.8 Å². The summed E-state index contributed by atoms with van der Waals surface area (Å²) in [5, 5.41) is 2.87. The van der Waals surface area contributed by atoms with E-state index in [4.69, 9.17) is 10.5 Å². The van der Waals surface area contributed by atoms with E-state index < -0.39 is 0 Å². The Balaban J connectivity index is 2.31. The Morgan fingerprint density at radius 1 is 1.48 bits per heavy atom. The van der Waals surface area contributed by atoms with Gasteiger partial charge < -0.3 is 15.8 Å². The summed E-state index contributed by atoms with van der Waals surface area (Å²) in [5.74, 6) is 3.56. The second-order valence-corrected chi connectivity index (χ2v) is 6.35. The second-order valence-electron chi connectivity index (χ2n) is 5.20. The number of ether oxygens (including phenoxy) is 1. The molecule has 3 N–H and O–H groups in total. The van der Waals surface area contributed by atoms with Crippen LogP contribution in [0.5, 0.6) is 5.75 Å². The van der Waals surface area contributed by atoms with Crippen molar-refractivity contribution in [1.82, 2.24) is 0 Å². The Morgan fingerprint density at radius 3 is 2.90 bits per heavy atom. The summed E-state index contributed by atoms with van der Waals surface area (Å²) in [6, 6.07) is 5.22. The van der Waals surface area contributed by atoms with Crippen LogP contribution in [0.25, 0.3) is 0 Å². The van der Waals surface area contributed by atoms with Crippen LogP contribution in [-0.4, -0.2) is 24.5 Å². The van der Waals surface area contributed by atoms with Gasteiger partial charge in [0.15, 0.2) is 0 Å². The highest BCUT2D eigenvalue weighted by atomic mass is 32.2. The van der Waals surface area contributed by atoms with E-state index in [0.717, 1.165) is 18.1 Å². The number of methoxy groups -OCH3 is 1. The number of anilines is 2. The second kappa shape index (κ2) is 9.55. The molecule has 4 nitrogen and oxygen atoms in total. The zero-order chi connectivity index (χ0) is 15.7. The lowest BCUT2D eigenvalue weighted by molar-refractivity contribution is -0.116. The summed E-state index contributed by atoms with van der Waals surface area (Å²) in [5.41, 5.74) is 6.98. The third-order valence-corrected chi connectivity index (χ3v) is 4.67. The minimum Gasteiger partial charge on any atom is -0.494 e. The highest BCUT2D eigenvalue weighted by molar-refractivity contribution is 7.99. The molecule has 1 unspecified atom stereocenters. The summed E-state index contributed by atoms with van der Waals surface area (Å²) >= 11 is 1.92. The molecule has 1 amide bonds. The molecule has 0 aliphatic carbocycles. The molecule has 0 aliphatic heterocycles. The zero-order valence-corrected chi connectivity index (χ0v) is 14.0. The van der Waals surface area contributed by atoms with E-state index in [2.05, 4.69) is 19.2 Å². The molecule has 118 valence electrons. The highest BCUT2D eigenvalue weighted by Crippen LogP contribution is 2.26. The number of hydrogen-bond donors (Lipinski definition) is 2. The molecule has 0 aliphatic rings. The normalized spacial score (nSPS) is 12.0. The van der Waals surface area contributed by atoms with Crippen molar-refractivity contribution >= 4 is 29.0 Å². The average molecular weight is 310 g/mol. The first-order valence-electron chi connectivity index (χ1n) is 7.38. The van der Waals surface area contributed by atoms with E-state index in [0.29, 0.717) is 23.5 Å². The maximum absolute atomic E-state index is 11.9. The molecular weight excluding hydrogens is 284 g/mol. The molecule has 0 saturated carbocycles. The number of nitrogens with two attached hydrogens (primary N) is 1. The van der Waals surface area contributed by atoms with Gasteiger partial charge in [-0.15, -0.1) is 0 Å². The molecule has 0 aromatic heterocycles. The summed E-state index contributed by atoms with van der Waals surface area (Å²) in [7, 11) is 1.57. The van der Waals surface area contributed by atoms with Crippen LogP contribution >= 0.6 is 11.8 Å². The lowest BCUT2D eigenvalue weighted by Crippen LogP contribution is -2.12. The maximum atomic E-state index is 11.9. The van der Waals surface area contributed by atoms with Crippen LogP contribution in [0.4, 0.5) is 11.4 Å². The van der Waals surface area contributed by atoms with Gasteiger partial charge in [0.05, 0.1) is 12.8 Å². The van der Waals surface area contributed by atoms with Crippen LogP contribution in [0.2, 0.25) is 0 Å². The van der Waals surface area contributed by atoms with E-state index in [1.165, 1.54) is 12.2 Å². The highest BCUT2D eigenvalue weighted by Gasteiger charge is 2.08. The third-order valence-electron chi connectivity index (χ3n) is 3.29. The van der Waals surface area contributed by atoms with Gasteiger partial charge >= 0.3 is 0 Å². The van der Waals surface area contributed by atoms with Crippen LogP contribution in [0.1, 0.15) is 33.1 Å². The Morgan fingerprint density at radius 2 is 2.24 bits per heavy atom. The monoisotopic (exact) mass is 310 g/mol. The topological polar surface area (TPSA) is 64.4 Å². The van der Waals surface area contributed by atoms with Crippen LogP contribution in [0, 0.1) is 5.92 Å². The molecule has 1 aromatic carbocycles. The van der Waals surface area contributed by atoms with Gasteiger partial charge in [0.25, 0.3) is 0 Å². The van der Waals surface area contributed by atoms with Crippen molar-refractivity contribution in [3.05, 3.63) is 18.2 Å². The quantitative estimate of drug-likeness (QED) is 0.538. The lowest BCUT2D eigenvalue weighted by Gasteiger charge is -2.11. The standard InChI is InChI=1S/C16H26N2O2S/c1-4-12(2)11-21-9-5-6-16(19)18-14-8-7-13(17)10-15(14)20-3/h7-8,10,12H,4-6,9,11,17H2,1-3H3,(H,18,19). The van der Waals surface area contributed by atoms with Crippen molar-refractivity contribution < 1.29 is 9.53 Å². The molecule has 1 aromatic rings. The number of benzene rings is 1. The number of nitrogen functional groups attached to an aromatic ring is 1. The zero-order valence-electron chi connectivity index (χ0n) is 13.1. The SMILES string of the molecule is CCC(C)CSCCCC(=O)Nc1ccc(N)cc1OC. The van der Waals surface area contributed by atoms with Gasteiger partial charge in [-0.25, -0.2) is 0 Å². The minimum absolute atomic E-state index is 0.0159. The van der Waals surface area contributed by atoms with E-state index in [1.54, 1.807) is 25.3 Å². The first-order valence-corrected chi connectivity index (χ1v) is 8.53. The Labute approximate surface area is 131 Å². The van der Waals surface area contributed by atoms with Gasteiger partial charge in [0.2, 0.25) is 5.91 Å². The fraction of sp³-hybridized carbons (Fsp3) is 0.562. The third kappa shape index (κ3) is 6.76. The summed E-state index contributed by atoms with van der Waals surface area (Å²) in [4.78, 5) is 11.9. The molecule has 0 spiro atoms. The molecule has 0 fully saturated rings. The molecule has 21 heavy (non-hydrogen) atoms. The van der Waals surface area contributed by atoms with Crippen molar-refractivity contribution in [2.24, 2.45) is 5.92 Å². The molecule has 0 saturated heterocycles. The average Bonchev–Trinajstić information content (AvgIpc) is 2.48. The van der Waals surface area contributed by atoms with Gasteiger partial charge in [-0.2, -0.15) is 11.8 Å². The molecule has 0 bridgehead atoms. The van der Waals surface area contributed by atoms with Crippen molar-refractivity contribution in [2.75, 3.05) is 29.7 Å². The Hall–Kier alpha value is -1.36. The van der Waals surface area contributed by atoms with Gasteiger partial charge in [-0.3, -0.25) is 4.79 Å². The van der Waals surface area contributed by atoms with Crippen LogP contribution < -0.4 is 15.8 Å². The molecule has 0 radical (unpaired) electrons. The number of carbonyl (C=O) groups excluding carboxylic acids is 1. The number of nitrogens with one attached hydrogen (secondary N) is 1. The fourth-order valence-electron chi connectivity index (χ4n) is 1.76. The predicted molar refractivity (Wildman–Crippen MR) is 92.1 cm³/mol. The van der Waals surface area contributed by atoms with Gasteiger partial charge in [-0.05, 0) is 36.0 Å². The van der Waals surface area contributed by atoms with Gasteiger partial charge in [-0.1, -0.05) is 20.3 Å². The van der Waals surface area contributed by atoms with Crippen molar-refractivity contribution in [1.29, 1.82) is 0 Å². The van der Waals surface area contributed by atoms with E-state index >= 15 is 0 Å². The fourth-order valence-corrected chi connectivity index (χ4v) is 2.91. The van der Waals surface area contributed by atoms with Crippen molar-refractivity contribution in [2.45, 2.75) is 33.1 Å². The first-order chi connectivity index (χ1) is 10.1. The Kier molecular flexibility index (Phi) is 8.05. The first kappa shape index (κ1) is 17.7. The smallest absolute Gasteiger partial charge is 0.224 e. The van der Waals surface area contributed by atoms with E-state index in [-0.39, 0.29) is 5.91 Å². The lowest BCUT2D eigenvalue weighted by atomic mass is 10.2. The molecular formula is C16H26N2O2S. The summed E-state index contributed by atoms with van der Waals surface area (Å²) in [6.45, 7) is 4.46. The summed E-state index contributed by atoms with van der Waals surface area (Å²) in [6.07, 6.45) is 2.63. The number of thioether (sulfide) groups is 1. The number of amides is 1. The largest absolute Gasteiger partial charge is 0.494 e. The van der Waals surface area contributed by atoms with Crippen LogP contribution in [0.15, 0.2) is 18.2 Å². The van der Waals surface area contributed by atoms with Crippen LogP contribution in [0.3, 0.4) is 0 Å². The maximum Gasteiger partial charge on any atom is 0.224 e. The van der Waals surface area contributed by atoms with Crippen molar-refractivity contribution in [3.8, 4) is 5.75 Å². The van der Waals surface area contributed by atoms with Gasteiger partial charge in [0.1, 0.15) is 5.75 Å².